The molecule has 0 spiro atoms. The molecule has 1 aromatic carbocycles. The van der Waals surface area contributed by atoms with E-state index in [1.165, 1.54) is 0 Å². The molecule has 2 rings (SSSR count). The Kier molecular flexibility index (Phi) is 3.94. The monoisotopic (exact) mass is 347 g/mol. The van der Waals surface area contributed by atoms with Gasteiger partial charge in [-0.1, -0.05) is 23.2 Å². The summed E-state index contributed by atoms with van der Waals surface area (Å²) in [7, 11) is 0. The maximum atomic E-state index is 6.01. The molecule has 4 nitrogen and oxygen atoms in total. The van der Waals surface area contributed by atoms with E-state index in [1.54, 1.807) is 25.1 Å². The zero-order chi connectivity index (χ0) is 13.3. The zero-order valence-corrected chi connectivity index (χ0v) is 12.3. The van der Waals surface area contributed by atoms with Crippen molar-refractivity contribution >= 4 is 45.1 Å². The Labute approximate surface area is 122 Å². The fraction of sp³-hybridized carbons (Fsp3) is 0.0909. The molecule has 7 heteroatoms. The van der Waals surface area contributed by atoms with Crippen molar-refractivity contribution in [2.75, 3.05) is 5.73 Å². The molecule has 18 heavy (non-hydrogen) atoms. The molecule has 0 saturated carbocycles. The van der Waals surface area contributed by atoms with Crippen LogP contribution in [-0.4, -0.2) is 9.97 Å². The van der Waals surface area contributed by atoms with Gasteiger partial charge in [-0.2, -0.15) is 4.98 Å². The van der Waals surface area contributed by atoms with Crippen LogP contribution in [0.4, 0.5) is 5.95 Å². The third kappa shape index (κ3) is 2.85. The van der Waals surface area contributed by atoms with E-state index in [-0.39, 0.29) is 5.95 Å². The van der Waals surface area contributed by atoms with E-state index < -0.39 is 0 Å². The van der Waals surface area contributed by atoms with Crippen molar-refractivity contribution in [3.8, 4) is 11.6 Å². The maximum Gasteiger partial charge on any atom is 0.238 e. The van der Waals surface area contributed by atoms with Gasteiger partial charge in [0, 0.05) is 5.02 Å². The first-order valence-electron chi connectivity index (χ1n) is 4.90. The van der Waals surface area contributed by atoms with Crippen LogP contribution in [0.1, 0.15) is 5.69 Å². The van der Waals surface area contributed by atoms with E-state index >= 15 is 0 Å². The molecule has 94 valence electrons. The smallest absolute Gasteiger partial charge is 0.238 e. The molecule has 0 aliphatic heterocycles. The third-order valence-corrected chi connectivity index (χ3v) is 3.55. The Hall–Kier alpha value is -1.04. The number of hydrogen-bond donors (Lipinski definition) is 1. The normalized spacial score (nSPS) is 10.4. The average molecular weight is 349 g/mol. The molecular formula is C11H8BrCl2N3O. The molecule has 2 aromatic rings. The first kappa shape index (κ1) is 13.4. The number of ether oxygens (including phenoxy) is 1. The predicted octanol–water partition coefficient (Wildman–Crippen LogP) is 4.23. The second kappa shape index (κ2) is 5.30. The van der Waals surface area contributed by atoms with Crippen LogP contribution in [0.5, 0.6) is 11.6 Å². The SMILES string of the molecule is Cc1nc(N)nc(Oc2ccc(Cl)cc2Cl)c1Br. The van der Waals surface area contributed by atoms with Gasteiger partial charge in [0.2, 0.25) is 11.8 Å². The minimum absolute atomic E-state index is 0.135. The van der Waals surface area contributed by atoms with E-state index in [4.69, 9.17) is 33.7 Å². The summed E-state index contributed by atoms with van der Waals surface area (Å²) in [6, 6.07) is 4.92. The van der Waals surface area contributed by atoms with Crippen molar-refractivity contribution in [3.63, 3.8) is 0 Å². The van der Waals surface area contributed by atoms with Crippen LogP contribution in [0.15, 0.2) is 22.7 Å². The Morgan fingerprint density at radius 1 is 1.28 bits per heavy atom. The summed E-state index contributed by atoms with van der Waals surface area (Å²) >= 11 is 15.2. The van der Waals surface area contributed by atoms with E-state index in [1.807, 2.05) is 0 Å². The van der Waals surface area contributed by atoms with Crippen molar-refractivity contribution in [3.05, 3.63) is 38.4 Å². The summed E-state index contributed by atoms with van der Waals surface area (Å²) < 4.78 is 6.22. The van der Waals surface area contributed by atoms with Gasteiger partial charge in [0.25, 0.3) is 0 Å². The molecule has 2 N–H and O–H groups in total. The highest BCUT2D eigenvalue weighted by molar-refractivity contribution is 9.10. The highest BCUT2D eigenvalue weighted by Crippen LogP contribution is 2.34. The highest BCUT2D eigenvalue weighted by Gasteiger charge is 2.12. The van der Waals surface area contributed by atoms with Gasteiger partial charge in [-0.25, -0.2) is 4.98 Å². The average Bonchev–Trinajstić information content (AvgIpc) is 2.29. The van der Waals surface area contributed by atoms with Crippen molar-refractivity contribution in [2.45, 2.75) is 6.92 Å². The summed E-state index contributed by atoms with van der Waals surface area (Å²) in [6.07, 6.45) is 0. The molecule has 0 aliphatic carbocycles. The number of hydrogen-bond acceptors (Lipinski definition) is 4. The van der Waals surface area contributed by atoms with E-state index in [0.717, 1.165) is 0 Å². The lowest BCUT2D eigenvalue weighted by atomic mass is 10.3. The van der Waals surface area contributed by atoms with Gasteiger partial charge in [-0.05, 0) is 41.1 Å². The van der Waals surface area contributed by atoms with Crippen LogP contribution < -0.4 is 10.5 Å². The Bertz CT molecular complexity index is 607. The van der Waals surface area contributed by atoms with Gasteiger partial charge < -0.3 is 10.5 Å². The number of anilines is 1. The summed E-state index contributed by atoms with van der Waals surface area (Å²) in [4.78, 5) is 8.00. The van der Waals surface area contributed by atoms with Gasteiger partial charge in [-0.15, -0.1) is 0 Å². The number of nitrogens with zero attached hydrogens (tertiary/aromatic N) is 2. The number of aryl methyl sites for hydroxylation is 1. The third-order valence-electron chi connectivity index (χ3n) is 2.10. The first-order chi connectivity index (χ1) is 8.47. The molecule has 0 radical (unpaired) electrons. The highest BCUT2D eigenvalue weighted by atomic mass is 79.9. The Morgan fingerprint density at radius 2 is 2.00 bits per heavy atom. The topological polar surface area (TPSA) is 61.0 Å². The molecule has 0 atom stereocenters. The molecule has 0 amide bonds. The molecule has 1 heterocycles. The number of benzene rings is 1. The van der Waals surface area contributed by atoms with Crippen molar-refractivity contribution < 1.29 is 4.74 Å². The van der Waals surface area contributed by atoms with E-state index in [0.29, 0.717) is 31.8 Å². The Balaban J connectivity index is 2.40. The number of halogens is 3. The molecule has 1 aromatic heterocycles. The fourth-order valence-corrected chi connectivity index (χ4v) is 1.99. The van der Waals surface area contributed by atoms with Gasteiger partial charge in [0.05, 0.1) is 10.7 Å². The fourth-order valence-electron chi connectivity index (χ4n) is 1.28. The molecule has 0 bridgehead atoms. The lowest BCUT2D eigenvalue weighted by molar-refractivity contribution is 0.458. The van der Waals surface area contributed by atoms with Gasteiger partial charge in [-0.3, -0.25) is 0 Å². The van der Waals surface area contributed by atoms with Gasteiger partial charge in [0.15, 0.2) is 0 Å². The summed E-state index contributed by atoms with van der Waals surface area (Å²) in [5.41, 5.74) is 6.25. The Morgan fingerprint density at radius 3 is 2.67 bits per heavy atom. The molecular weight excluding hydrogens is 341 g/mol. The number of nitrogens with two attached hydrogens (primary N) is 1. The van der Waals surface area contributed by atoms with Crippen LogP contribution in [-0.2, 0) is 0 Å². The van der Waals surface area contributed by atoms with Gasteiger partial charge in [0.1, 0.15) is 10.2 Å². The number of aromatic nitrogens is 2. The maximum absolute atomic E-state index is 6.01. The lowest BCUT2D eigenvalue weighted by Gasteiger charge is -2.10. The molecule has 0 fully saturated rings. The minimum Gasteiger partial charge on any atom is -0.436 e. The number of rotatable bonds is 2. The summed E-state index contributed by atoms with van der Waals surface area (Å²) in [5.74, 6) is 0.888. The number of nitrogen functional groups attached to an aromatic ring is 1. The van der Waals surface area contributed by atoms with Crippen LogP contribution in [0, 0.1) is 6.92 Å². The van der Waals surface area contributed by atoms with Gasteiger partial charge >= 0.3 is 0 Å². The summed E-state index contributed by atoms with van der Waals surface area (Å²) in [6.45, 7) is 1.79. The molecule has 0 aliphatic rings. The van der Waals surface area contributed by atoms with Crippen LogP contribution >= 0.6 is 39.1 Å². The lowest BCUT2D eigenvalue weighted by Crippen LogP contribution is -2.00. The van der Waals surface area contributed by atoms with Crippen LogP contribution in [0.3, 0.4) is 0 Å². The van der Waals surface area contributed by atoms with Crippen LogP contribution in [0.2, 0.25) is 10.0 Å². The largest absolute Gasteiger partial charge is 0.436 e. The van der Waals surface area contributed by atoms with Crippen molar-refractivity contribution in [1.29, 1.82) is 0 Å². The predicted molar refractivity (Wildman–Crippen MR) is 75.4 cm³/mol. The van der Waals surface area contributed by atoms with Crippen molar-refractivity contribution in [1.82, 2.24) is 9.97 Å². The quantitative estimate of drug-likeness (QED) is 0.882. The van der Waals surface area contributed by atoms with E-state index in [9.17, 15) is 0 Å². The molecule has 0 unspecified atom stereocenters. The minimum atomic E-state index is 0.135. The van der Waals surface area contributed by atoms with Crippen LogP contribution in [0.25, 0.3) is 0 Å². The summed E-state index contributed by atoms with van der Waals surface area (Å²) in [5, 5.41) is 0.925. The van der Waals surface area contributed by atoms with Crippen molar-refractivity contribution in [2.24, 2.45) is 0 Å². The second-order valence-electron chi connectivity index (χ2n) is 3.46. The second-order valence-corrected chi connectivity index (χ2v) is 5.10. The standard InChI is InChI=1S/C11H8BrCl2N3O/c1-5-9(12)10(17-11(15)16-5)18-8-3-2-6(13)4-7(8)14/h2-4H,1H3,(H2,15,16,17). The zero-order valence-electron chi connectivity index (χ0n) is 9.25. The first-order valence-corrected chi connectivity index (χ1v) is 6.45. The molecule has 0 saturated heterocycles. The van der Waals surface area contributed by atoms with E-state index in [2.05, 4.69) is 25.9 Å².